The zero-order valence-corrected chi connectivity index (χ0v) is 18.3. The van der Waals surface area contributed by atoms with Crippen LogP contribution in [0.1, 0.15) is 17.9 Å². The zero-order valence-electron chi connectivity index (χ0n) is 14.4. The second-order valence-corrected chi connectivity index (χ2v) is 8.69. The SMILES string of the molecule is COC(=O)/C=C/C=C/C=C/C[C@H](C(=O)OCC(Cl)(Cl)Cl)c1ccc(Br)cc1. The Labute approximate surface area is 181 Å². The summed E-state index contributed by atoms with van der Waals surface area (Å²) in [4.78, 5) is 23.4. The number of ether oxygens (including phenoxy) is 2. The van der Waals surface area contributed by atoms with Crippen LogP contribution < -0.4 is 0 Å². The van der Waals surface area contributed by atoms with E-state index < -0.39 is 21.6 Å². The highest BCUT2D eigenvalue weighted by Crippen LogP contribution is 2.28. The van der Waals surface area contributed by atoms with Crippen molar-refractivity contribution in [3.05, 3.63) is 70.8 Å². The van der Waals surface area contributed by atoms with E-state index in [0.717, 1.165) is 10.0 Å². The number of allylic oxidation sites excluding steroid dienone is 5. The molecule has 0 spiro atoms. The summed E-state index contributed by atoms with van der Waals surface area (Å²) in [6, 6.07) is 7.33. The lowest BCUT2D eigenvalue weighted by Crippen LogP contribution is -2.22. The summed E-state index contributed by atoms with van der Waals surface area (Å²) in [5.74, 6) is -1.46. The summed E-state index contributed by atoms with van der Waals surface area (Å²) in [6.07, 6.45) is 10.2. The molecule has 4 nitrogen and oxygen atoms in total. The fraction of sp³-hybridized carbons (Fsp3) is 0.263. The Balaban J connectivity index is 2.77. The van der Waals surface area contributed by atoms with E-state index in [1.54, 1.807) is 24.3 Å². The van der Waals surface area contributed by atoms with Crippen LogP contribution in [0.2, 0.25) is 0 Å². The molecule has 0 radical (unpaired) electrons. The van der Waals surface area contributed by atoms with Crippen molar-refractivity contribution in [3.63, 3.8) is 0 Å². The van der Waals surface area contributed by atoms with Gasteiger partial charge in [0.1, 0.15) is 6.61 Å². The lowest BCUT2D eigenvalue weighted by atomic mass is 9.95. The lowest BCUT2D eigenvalue weighted by Gasteiger charge is -2.17. The van der Waals surface area contributed by atoms with Gasteiger partial charge in [0, 0.05) is 10.5 Å². The molecule has 0 amide bonds. The van der Waals surface area contributed by atoms with Crippen LogP contribution in [0.15, 0.2) is 65.2 Å². The minimum Gasteiger partial charge on any atom is -0.466 e. The van der Waals surface area contributed by atoms with Gasteiger partial charge in [-0.15, -0.1) is 0 Å². The smallest absolute Gasteiger partial charge is 0.330 e. The van der Waals surface area contributed by atoms with E-state index in [2.05, 4.69) is 20.7 Å². The molecule has 0 saturated heterocycles. The van der Waals surface area contributed by atoms with E-state index in [0.29, 0.717) is 6.42 Å². The first-order valence-electron chi connectivity index (χ1n) is 7.79. The van der Waals surface area contributed by atoms with Gasteiger partial charge >= 0.3 is 11.9 Å². The van der Waals surface area contributed by atoms with Gasteiger partial charge in [-0.3, -0.25) is 4.79 Å². The topological polar surface area (TPSA) is 52.6 Å². The summed E-state index contributed by atoms with van der Waals surface area (Å²) in [5, 5.41) is 0. The molecule has 0 fully saturated rings. The van der Waals surface area contributed by atoms with Crippen LogP contribution in [-0.4, -0.2) is 29.4 Å². The molecule has 1 aromatic carbocycles. The first kappa shape index (κ1) is 23.8. The maximum atomic E-state index is 12.4. The van der Waals surface area contributed by atoms with Crippen LogP contribution in [0, 0.1) is 0 Å². The molecule has 0 aliphatic heterocycles. The molecular weight excluding hydrogens is 478 g/mol. The molecule has 0 N–H and O–H groups in total. The van der Waals surface area contributed by atoms with E-state index in [1.165, 1.54) is 13.2 Å². The number of alkyl halides is 3. The molecule has 1 rings (SSSR count). The highest BCUT2D eigenvalue weighted by molar-refractivity contribution is 9.10. The summed E-state index contributed by atoms with van der Waals surface area (Å²) in [7, 11) is 1.31. The maximum absolute atomic E-state index is 12.4. The van der Waals surface area contributed by atoms with Gasteiger partial charge < -0.3 is 9.47 Å². The van der Waals surface area contributed by atoms with Crippen LogP contribution in [0.4, 0.5) is 0 Å². The Hall–Kier alpha value is -1.27. The van der Waals surface area contributed by atoms with Crippen molar-refractivity contribution >= 4 is 62.7 Å². The third kappa shape index (κ3) is 10.6. The third-order valence-electron chi connectivity index (χ3n) is 3.21. The van der Waals surface area contributed by atoms with Crippen molar-refractivity contribution in [1.82, 2.24) is 0 Å². The van der Waals surface area contributed by atoms with Crippen molar-refractivity contribution in [2.24, 2.45) is 0 Å². The van der Waals surface area contributed by atoms with Crippen molar-refractivity contribution in [2.45, 2.75) is 16.1 Å². The minimum absolute atomic E-state index is 0.328. The van der Waals surface area contributed by atoms with Gasteiger partial charge in [-0.05, 0) is 24.1 Å². The van der Waals surface area contributed by atoms with Gasteiger partial charge in [0.15, 0.2) is 0 Å². The fourth-order valence-electron chi connectivity index (χ4n) is 1.94. The molecule has 27 heavy (non-hydrogen) atoms. The van der Waals surface area contributed by atoms with Gasteiger partial charge in [-0.1, -0.05) is 93.2 Å². The number of rotatable bonds is 8. The quantitative estimate of drug-likeness (QED) is 0.201. The standard InChI is InChI=1S/C19H18BrCl3O4/c1-26-17(24)8-6-4-2-3-5-7-16(14-9-11-15(20)12-10-14)18(25)27-13-19(21,22)23/h2-6,8-12,16H,7,13H2,1H3/b4-2+,5-3+,8-6+/t16-/m0/s1. The van der Waals surface area contributed by atoms with Gasteiger partial charge in [-0.25, -0.2) is 4.79 Å². The van der Waals surface area contributed by atoms with Crippen LogP contribution >= 0.6 is 50.7 Å². The minimum atomic E-state index is -1.66. The fourth-order valence-corrected chi connectivity index (χ4v) is 2.37. The number of hydrogen-bond acceptors (Lipinski definition) is 4. The number of carbonyl (C=O) groups is 2. The second kappa shape index (κ2) is 12.2. The molecule has 0 saturated carbocycles. The van der Waals surface area contributed by atoms with Gasteiger partial charge in [0.05, 0.1) is 13.0 Å². The Morgan fingerprint density at radius 3 is 2.33 bits per heavy atom. The molecule has 0 aromatic heterocycles. The Morgan fingerprint density at radius 2 is 1.74 bits per heavy atom. The molecule has 0 bridgehead atoms. The summed E-state index contributed by atoms with van der Waals surface area (Å²) in [6.45, 7) is -0.328. The van der Waals surface area contributed by atoms with Gasteiger partial charge in [-0.2, -0.15) is 0 Å². The number of carbonyl (C=O) groups excluding carboxylic acids is 2. The predicted octanol–water partition coefficient (Wildman–Crippen LogP) is 5.68. The van der Waals surface area contributed by atoms with Gasteiger partial charge in [0.25, 0.3) is 0 Å². The average molecular weight is 497 g/mol. The number of hydrogen-bond donors (Lipinski definition) is 0. The normalized spacial score (nSPS) is 13.4. The highest BCUT2D eigenvalue weighted by Gasteiger charge is 2.26. The second-order valence-electron chi connectivity index (χ2n) is 5.26. The van der Waals surface area contributed by atoms with Crippen molar-refractivity contribution in [1.29, 1.82) is 0 Å². The molecule has 1 atom stereocenters. The Morgan fingerprint density at radius 1 is 1.11 bits per heavy atom. The highest BCUT2D eigenvalue weighted by atomic mass is 79.9. The summed E-state index contributed by atoms with van der Waals surface area (Å²) in [5.41, 5.74) is 0.784. The van der Waals surface area contributed by atoms with Crippen LogP contribution in [0.3, 0.4) is 0 Å². The number of benzene rings is 1. The molecular formula is C19H18BrCl3O4. The monoisotopic (exact) mass is 494 g/mol. The number of esters is 2. The lowest BCUT2D eigenvalue weighted by molar-refractivity contribution is -0.145. The molecule has 0 aliphatic rings. The van der Waals surface area contributed by atoms with Crippen LogP contribution in [0.5, 0.6) is 0 Å². The van der Waals surface area contributed by atoms with Crippen molar-refractivity contribution < 1.29 is 19.1 Å². The third-order valence-corrected chi connectivity index (χ3v) is 4.07. The molecule has 146 valence electrons. The van der Waals surface area contributed by atoms with Crippen molar-refractivity contribution in [3.8, 4) is 0 Å². The van der Waals surface area contributed by atoms with Gasteiger partial charge in [0.2, 0.25) is 3.79 Å². The van der Waals surface area contributed by atoms with E-state index in [9.17, 15) is 9.59 Å². The predicted molar refractivity (Wildman–Crippen MR) is 112 cm³/mol. The summed E-state index contributed by atoms with van der Waals surface area (Å²) >= 11 is 20.3. The molecule has 1 aromatic rings. The first-order valence-corrected chi connectivity index (χ1v) is 9.72. The van der Waals surface area contributed by atoms with E-state index in [1.807, 2.05) is 30.3 Å². The van der Waals surface area contributed by atoms with E-state index in [-0.39, 0.29) is 6.61 Å². The number of methoxy groups -OCH3 is 1. The van der Waals surface area contributed by atoms with Crippen LogP contribution in [-0.2, 0) is 19.1 Å². The molecule has 0 heterocycles. The molecule has 8 heteroatoms. The van der Waals surface area contributed by atoms with E-state index >= 15 is 0 Å². The van der Waals surface area contributed by atoms with Crippen LogP contribution in [0.25, 0.3) is 0 Å². The largest absolute Gasteiger partial charge is 0.466 e. The molecule has 0 aliphatic carbocycles. The maximum Gasteiger partial charge on any atom is 0.330 e. The Kier molecular flexibility index (Phi) is 10.8. The zero-order chi connectivity index (χ0) is 20.3. The Bertz CT molecular complexity index is 707. The molecule has 0 unspecified atom stereocenters. The first-order chi connectivity index (χ1) is 12.7. The summed E-state index contributed by atoms with van der Waals surface area (Å²) < 4.78 is 8.84. The average Bonchev–Trinajstić information content (AvgIpc) is 2.62. The number of halogens is 4. The van der Waals surface area contributed by atoms with E-state index in [4.69, 9.17) is 39.5 Å². The van der Waals surface area contributed by atoms with Crippen molar-refractivity contribution in [2.75, 3.05) is 13.7 Å².